The predicted molar refractivity (Wildman–Crippen MR) is 64.9 cm³/mol. The van der Waals surface area contributed by atoms with Crippen LogP contribution in [-0.2, 0) is 16.6 Å². The summed E-state index contributed by atoms with van der Waals surface area (Å²) < 4.78 is 6.32. The number of aromatic nitrogens is 2. The van der Waals surface area contributed by atoms with Gasteiger partial charge in [-0.05, 0) is 6.92 Å². The molecule has 0 aliphatic rings. The lowest BCUT2D eigenvalue weighted by molar-refractivity contribution is -0.144. The lowest BCUT2D eigenvalue weighted by Crippen LogP contribution is -2.43. The third kappa shape index (κ3) is 3.77. The molecule has 0 aliphatic carbocycles. The van der Waals surface area contributed by atoms with E-state index in [-0.39, 0.29) is 18.3 Å². The van der Waals surface area contributed by atoms with Crippen molar-refractivity contribution in [2.24, 2.45) is 7.05 Å². The van der Waals surface area contributed by atoms with Crippen LogP contribution in [0.1, 0.15) is 17.3 Å². The van der Waals surface area contributed by atoms with Crippen LogP contribution in [0.5, 0.6) is 0 Å². The first-order valence-electron chi connectivity index (χ1n) is 5.15. The molecule has 1 atom stereocenters. The summed E-state index contributed by atoms with van der Waals surface area (Å²) in [7, 11) is 1.71. The molecular formula is C10H15N3O3S. The molecule has 17 heavy (non-hydrogen) atoms. The number of thiol groups is 1. The van der Waals surface area contributed by atoms with E-state index in [1.807, 2.05) is 0 Å². The highest BCUT2D eigenvalue weighted by molar-refractivity contribution is 7.80. The molecule has 1 N–H and O–H groups in total. The Morgan fingerprint density at radius 1 is 1.65 bits per heavy atom. The van der Waals surface area contributed by atoms with Crippen molar-refractivity contribution in [1.29, 1.82) is 0 Å². The van der Waals surface area contributed by atoms with Crippen molar-refractivity contribution in [1.82, 2.24) is 15.1 Å². The molecule has 1 heterocycles. The number of hydrogen-bond donors (Lipinski definition) is 2. The van der Waals surface area contributed by atoms with Crippen molar-refractivity contribution in [3.8, 4) is 0 Å². The molecule has 1 aromatic rings. The quantitative estimate of drug-likeness (QED) is 0.576. The minimum absolute atomic E-state index is 0.185. The number of carbonyl (C=O) groups is 2. The van der Waals surface area contributed by atoms with Gasteiger partial charge in [0.15, 0.2) is 0 Å². The van der Waals surface area contributed by atoms with E-state index in [1.165, 1.54) is 10.9 Å². The fraction of sp³-hybridized carbons (Fsp3) is 0.500. The van der Waals surface area contributed by atoms with Gasteiger partial charge in [0.25, 0.3) is 5.91 Å². The molecule has 0 saturated carbocycles. The molecule has 0 aromatic carbocycles. The van der Waals surface area contributed by atoms with E-state index < -0.39 is 12.0 Å². The first kappa shape index (κ1) is 13.6. The van der Waals surface area contributed by atoms with Crippen LogP contribution in [-0.4, -0.2) is 40.1 Å². The summed E-state index contributed by atoms with van der Waals surface area (Å²) in [5.41, 5.74) is 0.392. The molecule has 0 bridgehead atoms. The molecular weight excluding hydrogens is 242 g/mol. The maximum atomic E-state index is 11.7. The number of carbonyl (C=O) groups excluding carboxylic acids is 2. The van der Waals surface area contributed by atoms with Gasteiger partial charge in [-0.15, -0.1) is 0 Å². The predicted octanol–water partition coefficient (Wildman–Crippen LogP) is 0.0114. The maximum absolute atomic E-state index is 11.7. The minimum Gasteiger partial charge on any atom is -0.464 e. The van der Waals surface area contributed by atoms with Crippen LogP contribution >= 0.6 is 12.6 Å². The van der Waals surface area contributed by atoms with E-state index in [1.54, 1.807) is 20.2 Å². The SMILES string of the molecule is CCOC(=O)[C@H](CS)NC(=O)c1cnn(C)c1. The van der Waals surface area contributed by atoms with Crippen molar-refractivity contribution in [2.75, 3.05) is 12.4 Å². The zero-order valence-corrected chi connectivity index (χ0v) is 10.6. The van der Waals surface area contributed by atoms with E-state index in [0.29, 0.717) is 5.56 Å². The Bertz CT molecular complexity index is 405. The lowest BCUT2D eigenvalue weighted by Gasteiger charge is -2.14. The lowest BCUT2D eigenvalue weighted by atomic mass is 10.3. The van der Waals surface area contributed by atoms with E-state index >= 15 is 0 Å². The molecule has 0 fully saturated rings. The number of rotatable bonds is 5. The summed E-state index contributed by atoms with van der Waals surface area (Å²) in [6, 6.07) is -0.744. The standard InChI is InChI=1S/C10H15N3O3S/c1-3-16-10(15)8(6-17)12-9(14)7-4-11-13(2)5-7/h4-5,8,17H,3,6H2,1-2H3,(H,12,14)/t8-/m0/s1. The van der Waals surface area contributed by atoms with Gasteiger partial charge in [-0.1, -0.05) is 0 Å². The average Bonchev–Trinajstić information content (AvgIpc) is 2.72. The third-order valence-corrected chi connectivity index (χ3v) is 2.39. The first-order chi connectivity index (χ1) is 8.08. The highest BCUT2D eigenvalue weighted by atomic mass is 32.1. The number of aryl methyl sites for hydroxylation is 1. The molecule has 0 spiro atoms. The molecule has 0 saturated heterocycles. The van der Waals surface area contributed by atoms with Crippen molar-refractivity contribution in [2.45, 2.75) is 13.0 Å². The van der Waals surface area contributed by atoms with Gasteiger partial charge in [-0.25, -0.2) is 4.79 Å². The Kier molecular flexibility index (Phi) is 5.02. The molecule has 0 aliphatic heterocycles. The Labute approximate surface area is 105 Å². The summed E-state index contributed by atoms with van der Waals surface area (Å²) >= 11 is 4.00. The zero-order chi connectivity index (χ0) is 12.8. The fourth-order valence-electron chi connectivity index (χ4n) is 1.20. The number of nitrogens with zero attached hydrogens (tertiary/aromatic N) is 2. The second-order valence-electron chi connectivity index (χ2n) is 3.36. The minimum atomic E-state index is -0.744. The van der Waals surface area contributed by atoms with E-state index in [4.69, 9.17) is 4.74 Å². The number of nitrogens with one attached hydrogen (secondary N) is 1. The van der Waals surface area contributed by atoms with Crippen LogP contribution in [0.4, 0.5) is 0 Å². The number of hydrogen-bond acceptors (Lipinski definition) is 5. The van der Waals surface area contributed by atoms with Crippen LogP contribution in [0.3, 0.4) is 0 Å². The molecule has 1 aromatic heterocycles. The topological polar surface area (TPSA) is 73.2 Å². The highest BCUT2D eigenvalue weighted by Crippen LogP contribution is 1.99. The van der Waals surface area contributed by atoms with Crippen LogP contribution < -0.4 is 5.32 Å². The zero-order valence-electron chi connectivity index (χ0n) is 9.71. The second-order valence-corrected chi connectivity index (χ2v) is 3.73. The van der Waals surface area contributed by atoms with Gasteiger partial charge in [-0.2, -0.15) is 17.7 Å². The maximum Gasteiger partial charge on any atom is 0.329 e. The second kappa shape index (κ2) is 6.29. The van der Waals surface area contributed by atoms with Gasteiger partial charge in [0, 0.05) is 19.0 Å². The van der Waals surface area contributed by atoms with E-state index in [2.05, 4.69) is 23.0 Å². The summed E-state index contributed by atoms with van der Waals surface area (Å²) in [6.45, 7) is 1.97. The van der Waals surface area contributed by atoms with Gasteiger partial charge >= 0.3 is 5.97 Å². The van der Waals surface area contributed by atoms with Gasteiger partial charge in [0.2, 0.25) is 0 Å². The van der Waals surface area contributed by atoms with E-state index in [0.717, 1.165) is 0 Å². The van der Waals surface area contributed by atoms with Crippen LogP contribution in [0.15, 0.2) is 12.4 Å². The molecule has 0 radical (unpaired) electrons. The first-order valence-corrected chi connectivity index (χ1v) is 5.78. The smallest absolute Gasteiger partial charge is 0.329 e. The van der Waals surface area contributed by atoms with Crippen LogP contribution in [0.25, 0.3) is 0 Å². The summed E-state index contributed by atoms with van der Waals surface area (Å²) in [5, 5.41) is 6.41. The Morgan fingerprint density at radius 3 is 2.82 bits per heavy atom. The van der Waals surface area contributed by atoms with Crippen LogP contribution in [0.2, 0.25) is 0 Å². The van der Waals surface area contributed by atoms with Crippen LogP contribution in [0, 0.1) is 0 Å². The fourth-order valence-corrected chi connectivity index (χ4v) is 1.44. The van der Waals surface area contributed by atoms with Crippen molar-refractivity contribution < 1.29 is 14.3 Å². The summed E-state index contributed by atoms with van der Waals surface area (Å²) in [4.78, 5) is 23.2. The molecule has 94 valence electrons. The summed E-state index contributed by atoms with van der Waals surface area (Å²) in [5.74, 6) is -0.671. The molecule has 0 unspecified atom stereocenters. The van der Waals surface area contributed by atoms with Crippen molar-refractivity contribution >= 4 is 24.5 Å². The highest BCUT2D eigenvalue weighted by Gasteiger charge is 2.21. The molecule has 6 nitrogen and oxygen atoms in total. The molecule has 1 rings (SSSR count). The molecule has 7 heteroatoms. The van der Waals surface area contributed by atoms with Gasteiger partial charge in [0.1, 0.15) is 6.04 Å². The van der Waals surface area contributed by atoms with Crippen molar-refractivity contribution in [3.05, 3.63) is 18.0 Å². The Balaban J connectivity index is 2.62. The Morgan fingerprint density at radius 2 is 2.35 bits per heavy atom. The average molecular weight is 257 g/mol. The number of ether oxygens (including phenoxy) is 1. The van der Waals surface area contributed by atoms with Gasteiger partial charge < -0.3 is 10.1 Å². The normalized spacial score (nSPS) is 11.9. The number of amides is 1. The monoisotopic (exact) mass is 257 g/mol. The molecule has 1 amide bonds. The van der Waals surface area contributed by atoms with Gasteiger partial charge in [0.05, 0.1) is 18.4 Å². The van der Waals surface area contributed by atoms with Gasteiger partial charge in [-0.3, -0.25) is 9.48 Å². The third-order valence-electron chi connectivity index (χ3n) is 2.03. The number of esters is 1. The Hall–Kier alpha value is -1.50. The summed E-state index contributed by atoms with van der Waals surface area (Å²) in [6.07, 6.45) is 2.99. The largest absolute Gasteiger partial charge is 0.464 e. The van der Waals surface area contributed by atoms with Crippen molar-refractivity contribution in [3.63, 3.8) is 0 Å². The van der Waals surface area contributed by atoms with E-state index in [9.17, 15) is 9.59 Å².